The van der Waals surface area contributed by atoms with Gasteiger partial charge in [0.15, 0.2) is 5.13 Å². The number of carbonyl (C=O) groups is 1. The summed E-state index contributed by atoms with van der Waals surface area (Å²) in [5.74, 6) is -0.196. The van der Waals surface area contributed by atoms with E-state index in [2.05, 4.69) is 15.0 Å². The van der Waals surface area contributed by atoms with Gasteiger partial charge in [-0.05, 0) is 56.5 Å². The Labute approximate surface area is 162 Å². The minimum Gasteiger partial charge on any atom is -0.302 e. The van der Waals surface area contributed by atoms with E-state index in [1.54, 1.807) is 26.0 Å². The summed E-state index contributed by atoms with van der Waals surface area (Å²) in [4.78, 5) is 15.9. The first-order valence-electron chi connectivity index (χ1n) is 8.36. The summed E-state index contributed by atoms with van der Waals surface area (Å²) < 4.78 is 29.4. The molecule has 8 heteroatoms. The predicted octanol–water partition coefficient (Wildman–Crippen LogP) is 4.29. The van der Waals surface area contributed by atoms with E-state index < -0.39 is 10.0 Å². The van der Waals surface area contributed by atoms with Gasteiger partial charge in [0.05, 0.1) is 20.8 Å². The average molecular weight is 404 g/mol. The van der Waals surface area contributed by atoms with Crippen LogP contribution in [0.25, 0.3) is 10.2 Å². The quantitative estimate of drug-likeness (QED) is 0.680. The predicted molar refractivity (Wildman–Crippen MR) is 110 cm³/mol. The summed E-state index contributed by atoms with van der Waals surface area (Å²) in [6, 6.07) is 7.20. The van der Waals surface area contributed by atoms with Crippen LogP contribution in [-0.4, -0.2) is 19.3 Å². The van der Waals surface area contributed by atoms with Crippen molar-refractivity contribution >= 4 is 48.3 Å². The van der Waals surface area contributed by atoms with Crippen LogP contribution in [0.5, 0.6) is 0 Å². The second kappa shape index (κ2) is 6.94. The van der Waals surface area contributed by atoms with Gasteiger partial charge < -0.3 is 5.32 Å². The van der Waals surface area contributed by atoms with E-state index in [9.17, 15) is 13.2 Å². The maximum absolute atomic E-state index is 13.0. The number of thiazole rings is 1. The van der Waals surface area contributed by atoms with Gasteiger partial charge in [-0.3, -0.25) is 9.52 Å². The van der Waals surface area contributed by atoms with Crippen molar-refractivity contribution in [1.82, 2.24) is 4.98 Å². The van der Waals surface area contributed by atoms with Crippen molar-refractivity contribution in [1.29, 1.82) is 0 Å². The number of carbonyl (C=O) groups excluding carboxylic acids is 1. The number of aromatic nitrogens is 1. The van der Waals surface area contributed by atoms with Crippen LogP contribution in [0.4, 0.5) is 10.8 Å². The third-order valence-corrected chi connectivity index (χ3v) is 6.70. The number of benzene rings is 2. The number of amides is 1. The molecule has 1 heterocycles. The number of hydrogen-bond donors (Lipinski definition) is 2. The number of fused-ring (bicyclic) bond motifs is 1. The lowest BCUT2D eigenvalue weighted by molar-refractivity contribution is -0.114. The van der Waals surface area contributed by atoms with Crippen LogP contribution in [0.15, 0.2) is 29.2 Å². The fourth-order valence-electron chi connectivity index (χ4n) is 3.26. The molecule has 0 radical (unpaired) electrons. The molecule has 27 heavy (non-hydrogen) atoms. The van der Waals surface area contributed by atoms with Crippen LogP contribution in [0.1, 0.15) is 29.2 Å². The van der Waals surface area contributed by atoms with Gasteiger partial charge in [-0.15, -0.1) is 0 Å². The third kappa shape index (κ3) is 3.96. The van der Waals surface area contributed by atoms with Gasteiger partial charge >= 0.3 is 0 Å². The molecule has 0 unspecified atom stereocenters. The molecule has 1 amide bonds. The molecule has 2 N–H and O–H groups in total. The molecule has 0 aliphatic rings. The fourth-order valence-corrected chi connectivity index (χ4v) is 5.78. The van der Waals surface area contributed by atoms with Crippen LogP contribution < -0.4 is 10.0 Å². The SMILES string of the molecule is CC(=O)Nc1nc2c(C)cc(NS(=O)(=O)c3c(C)cc(C)cc3C)cc2s1. The van der Waals surface area contributed by atoms with E-state index in [0.29, 0.717) is 26.8 Å². The highest BCUT2D eigenvalue weighted by atomic mass is 32.2. The van der Waals surface area contributed by atoms with E-state index in [4.69, 9.17) is 0 Å². The Morgan fingerprint density at radius 1 is 1.00 bits per heavy atom. The van der Waals surface area contributed by atoms with Crippen molar-refractivity contribution in [2.24, 2.45) is 0 Å². The molecule has 0 aliphatic heterocycles. The van der Waals surface area contributed by atoms with E-state index >= 15 is 0 Å². The molecule has 142 valence electrons. The highest BCUT2D eigenvalue weighted by molar-refractivity contribution is 7.92. The van der Waals surface area contributed by atoms with Crippen molar-refractivity contribution in [2.45, 2.75) is 39.5 Å². The molecule has 6 nitrogen and oxygen atoms in total. The average Bonchev–Trinajstić information content (AvgIpc) is 2.87. The van der Waals surface area contributed by atoms with Crippen LogP contribution in [-0.2, 0) is 14.8 Å². The van der Waals surface area contributed by atoms with Crippen molar-refractivity contribution in [3.8, 4) is 0 Å². The van der Waals surface area contributed by atoms with Crippen molar-refractivity contribution < 1.29 is 13.2 Å². The minimum atomic E-state index is -3.72. The maximum atomic E-state index is 13.0. The Balaban J connectivity index is 2.02. The van der Waals surface area contributed by atoms with Gasteiger partial charge in [0.1, 0.15) is 0 Å². The van der Waals surface area contributed by atoms with Gasteiger partial charge in [0.25, 0.3) is 10.0 Å². The monoisotopic (exact) mass is 403 g/mol. The number of hydrogen-bond acceptors (Lipinski definition) is 5. The normalized spacial score (nSPS) is 11.6. The summed E-state index contributed by atoms with van der Waals surface area (Å²) in [6.07, 6.45) is 0. The lowest BCUT2D eigenvalue weighted by Crippen LogP contribution is -2.16. The molecule has 0 spiro atoms. The zero-order valence-corrected chi connectivity index (χ0v) is 17.4. The Bertz CT molecular complexity index is 1140. The molecular formula is C19H21N3O3S2. The van der Waals surface area contributed by atoms with Crippen LogP contribution in [0.3, 0.4) is 0 Å². The van der Waals surface area contributed by atoms with E-state index in [1.807, 2.05) is 26.0 Å². The molecule has 0 saturated carbocycles. The van der Waals surface area contributed by atoms with Gasteiger partial charge in [0, 0.05) is 6.92 Å². The van der Waals surface area contributed by atoms with Gasteiger partial charge in [-0.1, -0.05) is 29.0 Å². The van der Waals surface area contributed by atoms with E-state index in [1.165, 1.54) is 18.3 Å². The van der Waals surface area contributed by atoms with Crippen molar-refractivity contribution in [3.63, 3.8) is 0 Å². The lowest BCUT2D eigenvalue weighted by atomic mass is 10.1. The Morgan fingerprint density at radius 3 is 2.22 bits per heavy atom. The molecule has 0 atom stereocenters. The lowest BCUT2D eigenvalue weighted by Gasteiger charge is -2.14. The first-order chi connectivity index (χ1) is 12.6. The molecule has 0 aliphatic carbocycles. The Morgan fingerprint density at radius 2 is 1.63 bits per heavy atom. The standard InChI is InChI=1S/C19H21N3O3S2/c1-10-6-12(3)18(13(4)7-10)27(24,25)22-15-8-11(2)17-16(9-15)26-19(21-17)20-14(5)23/h6-9,22H,1-5H3,(H,20,21,23). The van der Waals surface area contributed by atoms with Crippen molar-refractivity contribution in [3.05, 3.63) is 46.5 Å². The highest BCUT2D eigenvalue weighted by Crippen LogP contribution is 2.32. The molecule has 2 aromatic carbocycles. The number of anilines is 2. The summed E-state index contributed by atoms with van der Waals surface area (Å²) in [7, 11) is -3.72. The number of rotatable bonds is 4. The summed E-state index contributed by atoms with van der Waals surface area (Å²) in [5, 5.41) is 3.16. The highest BCUT2D eigenvalue weighted by Gasteiger charge is 2.21. The summed E-state index contributed by atoms with van der Waals surface area (Å²) >= 11 is 1.31. The Kier molecular flexibility index (Phi) is 4.96. The minimum absolute atomic E-state index is 0.196. The zero-order chi connectivity index (χ0) is 19.9. The smallest absolute Gasteiger partial charge is 0.262 e. The van der Waals surface area contributed by atoms with Gasteiger partial charge in [-0.25, -0.2) is 13.4 Å². The topological polar surface area (TPSA) is 88.2 Å². The largest absolute Gasteiger partial charge is 0.302 e. The third-order valence-electron chi connectivity index (χ3n) is 4.09. The number of sulfonamides is 1. The summed E-state index contributed by atoms with van der Waals surface area (Å²) in [5.41, 5.74) is 4.49. The second-order valence-corrected chi connectivity index (χ2v) is 9.32. The molecule has 0 fully saturated rings. The Hall–Kier alpha value is -2.45. The van der Waals surface area contributed by atoms with Gasteiger partial charge in [-0.2, -0.15) is 0 Å². The van der Waals surface area contributed by atoms with Crippen LogP contribution in [0, 0.1) is 27.7 Å². The molecular weight excluding hydrogens is 382 g/mol. The summed E-state index contributed by atoms with van der Waals surface area (Å²) in [6.45, 7) is 8.82. The molecule has 1 aromatic heterocycles. The molecule has 3 rings (SSSR count). The van der Waals surface area contributed by atoms with E-state index in [-0.39, 0.29) is 5.91 Å². The number of aryl methyl sites for hydroxylation is 4. The van der Waals surface area contributed by atoms with Crippen LogP contribution >= 0.6 is 11.3 Å². The number of nitrogens with zero attached hydrogens (tertiary/aromatic N) is 1. The fraction of sp³-hybridized carbons (Fsp3) is 0.263. The first kappa shape index (κ1) is 19.3. The second-order valence-electron chi connectivity index (χ2n) is 6.67. The maximum Gasteiger partial charge on any atom is 0.262 e. The molecule has 0 saturated heterocycles. The molecule has 3 aromatic rings. The van der Waals surface area contributed by atoms with Crippen molar-refractivity contribution in [2.75, 3.05) is 10.0 Å². The van der Waals surface area contributed by atoms with Gasteiger partial charge in [0.2, 0.25) is 5.91 Å². The first-order valence-corrected chi connectivity index (χ1v) is 10.7. The van der Waals surface area contributed by atoms with Crippen LogP contribution in [0.2, 0.25) is 0 Å². The number of nitrogens with one attached hydrogen (secondary N) is 2. The van der Waals surface area contributed by atoms with E-state index in [0.717, 1.165) is 21.3 Å². The molecule has 0 bridgehead atoms. The zero-order valence-electron chi connectivity index (χ0n) is 15.8.